The van der Waals surface area contributed by atoms with E-state index in [-0.39, 0.29) is 28.9 Å². The van der Waals surface area contributed by atoms with E-state index in [0.29, 0.717) is 5.56 Å². The second-order valence-corrected chi connectivity index (χ2v) is 6.89. The zero-order chi connectivity index (χ0) is 23.4. The van der Waals surface area contributed by atoms with Crippen LogP contribution < -0.4 is 11.2 Å². The van der Waals surface area contributed by atoms with Gasteiger partial charge < -0.3 is 5.11 Å². The topological polar surface area (TPSA) is 101 Å². The van der Waals surface area contributed by atoms with Crippen LogP contribution in [0.5, 0.6) is 0 Å². The van der Waals surface area contributed by atoms with E-state index in [1.165, 1.54) is 30.6 Å². The molecule has 0 unspecified atom stereocenters. The molecule has 1 N–H and O–H groups in total. The second-order valence-electron chi connectivity index (χ2n) is 6.89. The van der Waals surface area contributed by atoms with Gasteiger partial charge in [0.05, 0.1) is 30.3 Å². The summed E-state index contributed by atoms with van der Waals surface area (Å²) in [7, 11) is 0. The lowest BCUT2D eigenvalue weighted by Gasteiger charge is -2.16. The van der Waals surface area contributed by atoms with Gasteiger partial charge in [-0.3, -0.25) is 14.3 Å². The van der Waals surface area contributed by atoms with Gasteiger partial charge in [0.2, 0.25) is 0 Å². The van der Waals surface area contributed by atoms with Gasteiger partial charge in [0, 0.05) is 18.2 Å². The molecule has 0 fully saturated rings. The summed E-state index contributed by atoms with van der Waals surface area (Å²) in [6, 6.07) is 4.86. The maximum atomic E-state index is 13.7. The smallest absolute Gasteiger partial charge is 0.337 e. The molecule has 3 rings (SSSR count). The van der Waals surface area contributed by atoms with Gasteiger partial charge in [-0.1, -0.05) is 6.08 Å². The largest absolute Gasteiger partial charge is 0.392 e. The number of aliphatic hydroxyl groups is 1. The highest BCUT2D eigenvalue weighted by Gasteiger charge is 2.21. The molecule has 0 aliphatic heterocycles. The summed E-state index contributed by atoms with van der Waals surface area (Å²) in [5.74, 6) is -4.51. The lowest BCUT2D eigenvalue weighted by Crippen LogP contribution is -2.42. The molecule has 0 radical (unpaired) electrons. The first-order valence-corrected chi connectivity index (χ1v) is 9.37. The molecule has 164 valence electrons. The van der Waals surface area contributed by atoms with Crippen molar-refractivity contribution in [3.63, 3.8) is 0 Å². The molecule has 2 heterocycles. The number of nitrogens with zero attached hydrogens (tertiary/aromatic N) is 4. The van der Waals surface area contributed by atoms with Crippen molar-refractivity contribution in [1.82, 2.24) is 14.1 Å². The summed E-state index contributed by atoms with van der Waals surface area (Å²) in [6.07, 6.45) is 4.95. The third-order valence-electron chi connectivity index (χ3n) is 4.64. The van der Waals surface area contributed by atoms with E-state index in [1.54, 1.807) is 6.92 Å². The van der Waals surface area contributed by atoms with Crippen LogP contribution in [-0.2, 0) is 13.0 Å². The monoisotopic (exact) mass is 442 g/mol. The molecule has 10 heteroatoms. The standard InChI is InChI=1S/C22H17F3N4O3/c1-13-7-15(12-27-11-13)29-21(31)16(8-14-9-17(23)20(25)18(24)10-14)19(3-2-6-30)28(5-4-26)22(29)32/h2-3,7,9-12,30H,5-6,8H2,1H3/b3-2+. The van der Waals surface area contributed by atoms with Gasteiger partial charge in [-0.15, -0.1) is 0 Å². The maximum absolute atomic E-state index is 13.7. The Kier molecular flexibility index (Phi) is 6.70. The number of hydrogen-bond donors (Lipinski definition) is 1. The minimum absolute atomic E-state index is 0.0161. The summed E-state index contributed by atoms with van der Waals surface area (Å²) in [5.41, 5.74) is -1.00. The average molecular weight is 442 g/mol. The van der Waals surface area contributed by atoms with Gasteiger partial charge in [-0.25, -0.2) is 22.5 Å². The lowest BCUT2D eigenvalue weighted by atomic mass is 10.0. The van der Waals surface area contributed by atoms with Crippen molar-refractivity contribution in [2.45, 2.75) is 19.9 Å². The van der Waals surface area contributed by atoms with Crippen LogP contribution in [-0.4, -0.2) is 25.8 Å². The zero-order valence-corrected chi connectivity index (χ0v) is 16.8. The van der Waals surface area contributed by atoms with E-state index in [1.807, 2.05) is 6.07 Å². The van der Waals surface area contributed by atoms with Gasteiger partial charge >= 0.3 is 5.69 Å². The van der Waals surface area contributed by atoms with Crippen molar-refractivity contribution in [2.75, 3.05) is 6.61 Å². The fourth-order valence-electron chi connectivity index (χ4n) is 3.27. The molecule has 1 aromatic carbocycles. The molecular formula is C22H17F3N4O3. The Bertz CT molecular complexity index is 1350. The normalized spacial score (nSPS) is 11.1. The van der Waals surface area contributed by atoms with E-state index >= 15 is 0 Å². The van der Waals surface area contributed by atoms with Crippen LogP contribution in [0.3, 0.4) is 0 Å². The SMILES string of the molecule is Cc1cncc(-n2c(=O)c(Cc3cc(F)c(F)c(F)c3)c(/C=C/CO)n(CC#N)c2=O)c1. The van der Waals surface area contributed by atoms with Gasteiger partial charge in [-0.05, 0) is 42.3 Å². The molecule has 0 atom stereocenters. The quantitative estimate of drug-likeness (QED) is 0.590. The predicted molar refractivity (Wildman–Crippen MR) is 110 cm³/mol. The first kappa shape index (κ1) is 22.7. The van der Waals surface area contributed by atoms with Crippen molar-refractivity contribution in [3.8, 4) is 11.8 Å². The number of hydrogen-bond acceptors (Lipinski definition) is 5. The molecule has 0 spiro atoms. The number of aromatic nitrogens is 3. The summed E-state index contributed by atoms with van der Waals surface area (Å²) in [5, 5.41) is 18.4. The van der Waals surface area contributed by atoms with Crippen LogP contribution in [0.1, 0.15) is 22.4 Å². The van der Waals surface area contributed by atoms with E-state index in [2.05, 4.69) is 4.98 Å². The molecule has 2 aromatic heterocycles. The van der Waals surface area contributed by atoms with Gasteiger partial charge in [0.25, 0.3) is 5.56 Å². The van der Waals surface area contributed by atoms with Crippen LogP contribution in [0.25, 0.3) is 11.8 Å². The van der Waals surface area contributed by atoms with Crippen LogP contribution in [0.2, 0.25) is 0 Å². The van der Waals surface area contributed by atoms with Crippen molar-refractivity contribution in [3.05, 3.63) is 97.3 Å². The highest BCUT2D eigenvalue weighted by Crippen LogP contribution is 2.18. The fourth-order valence-corrected chi connectivity index (χ4v) is 3.27. The van der Waals surface area contributed by atoms with Crippen LogP contribution >= 0.6 is 0 Å². The molecule has 0 aliphatic rings. The van der Waals surface area contributed by atoms with Crippen molar-refractivity contribution in [2.24, 2.45) is 0 Å². The summed E-state index contributed by atoms with van der Waals surface area (Å²) in [4.78, 5) is 30.5. The lowest BCUT2D eigenvalue weighted by molar-refractivity contribution is 0.343. The minimum atomic E-state index is -1.65. The van der Waals surface area contributed by atoms with Crippen molar-refractivity contribution in [1.29, 1.82) is 5.26 Å². The highest BCUT2D eigenvalue weighted by atomic mass is 19.2. The molecule has 0 aliphatic carbocycles. The van der Waals surface area contributed by atoms with Gasteiger partial charge in [-0.2, -0.15) is 5.26 Å². The third kappa shape index (κ3) is 4.38. The Balaban J connectivity index is 2.37. The zero-order valence-electron chi connectivity index (χ0n) is 16.8. The Labute approximate surface area is 179 Å². The third-order valence-corrected chi connectivity index (χ3v) is 4.64. The number of rotatable bonds is 6. The first-order chi connectivity index (χ1) is 15.3. The maximum Gasteiger partial charge on any atom is 0.337 e. The Morgan fingerprint density at radius 2 is 1.84 bits per heavy atom. The van der Waals surface area contributed by atoms with E-state index in [0.717, 1.165) is 21.3 Å². The number of benzene rings is 1. The van der Waals surface area contributed by atoms with Crippen molar-refractivity contribution >= 4 is 6.08 Å². The Morgan fingerprint density at radius 1 is 1.16 bits per heavy atom. The van der Waals surface area contributed by atoms with Crippen molar-refractivity contribution < 1.29 is 18.3 Å². The second kappa shape index (κ2) is 9.45. The molecule has 7 nitrogen and oxygen atoms in total. The Hall–Kier alpha value is -3.97. The van der Waals surface area contributed by atoms with Crippen LogP contribution in [0.4, 0.5) is 13.2 Å². The predicted octanol–water partition coefficient (Wildman–Crippen LogP) is 2.24. The molecule has 0 saturated heterocycles. The summed E-state index contributed by atoms with van der Waals surface area (Å²) < 4.78 is 42.7. The molecule has 32 heavy (non-hydrogen) atoms. The van der Waals surface area contributed by atoms with Gasteiger partial charge in [0.1, 0.15) is 6.54 Å². The molecule has 0 bridgehead atoms. The number of pyridine rings is 1. The number of aryl methyl sites for hydroxylation is 1. The van der Waals surface area contributed by atoms with Crippen LogP contribution in [0.15, 0.2) is 46.3 Å². The summed E-state index contributed by atoms with van der Waals surface area (Å²) in [6.45, 7) is 0.839. The number of halogens is 3. The van der Waals surface area contributed by atoms with E-state index in [4.69, 9.17) is 5.11 Å². The number of nitriles is 1. The van der Waals surface area contributed by atoms with Crippen LogP contribution in [0, 0.1) is 35.7 Å². The fraction of sp³-hybridized carbons (Fsp3) is 0.182. The molecule has 0 amide bonds. The Morgan fingerprint density at radius 3 is 2.44 bits per heavy atom. The first-order valence-electron chi connectivity index (χ1n) is 9.37. The molecular weight excluding hydrogens is 425 g/mol. The molecule has 0 saturated carbocycles. The number of aliphatic hydroxyl groups excluding tert-OH is 1. The minimum Gasteiger partial charge on any atom is -0.392 e. The van der Waals surface area contributed by atoms with Gasteiger partial charge in [0.15, 0.2) is 17.5 Å². The molecule has 3 aromatic rings. The highest BCUT2D eigenvalue weighted by molar-refractivity contribution is 5.52. The van der Waals surface area contributed by atoms with E-state index in [9.17, 15) is 28.0 Å². The average Bonchev–Trinajstić information content (AvgIpc) is 2.75. The summed E-state index contributed by atoms with van der Waals surface area (Å²) >= 11 is 0. The van der Waals surface area contributed by atoms with E-state index < -0.39 is 41.9 Å².